The lowest BCUT2D eigenvalue weighted by atomic mass is 10.0. The van der Waals surface area contributed by atoms with Gasteiger partial charge in [-0.15, -0.1) is 22.7 Å². The zero-order chi connectivity index (χ0) is 17.5. The van der Waals surface area contributed by atoms with Crippen LogP contribution in [0.1, 0.15) is 29.1 Å². The molecular formula is C21H19N3S2. The second-order valence-electron chi connectivity index (χ2n) is 6.73. The molecule has 0 N–H and O–H groups in total. The predicted molar refractivity (Wildman–Crippen MR) is 110 cm³/mol. The fourth-order valence-corrected chi connectivity index (χ4v) is 5.32. The smallest absolute Gasteiger partial charge is 0.123 e. The molecule has 2 aromatic heterocycles. The van der Waals surface area contributed by atoms with Crippen molar-refractivity contribution in [1.29, 1.82) is 0 Å². The molecule has 0 saturated carbocycles. The van der Waals surface area contributed by atoms with Gasteiger partial charge in [0.2, 0.25) is 0 Å². The maximum Gasteiger partial charge on any atom is 0.123 e. The Morgan fingerprint density at radius 1 is 1.12 bits per heavy atom. The molecule has 0 amide bonds. The lowest BCUT2D eigenvalue weighted by Gasteiger charge is -2.32. The largest absolute Gasteiger partial charge is 0.290 e. The Labute approximate surface area is 161 Å². The van der Waals surface area contributed by atoms with Crippen molar-refractivity contribution in [2.75, 3.05) is 6.54 Å². The average Bonchev–Trinajstić information content (AvgIpc) is 3.33. The standard InChI is InChI=1S/C21H19N3S2/c1-14(16-7-8-19-17(11-16)22-13-25-19)24-10-9-20-18(12-24)23-21(26-20)15-5-3-2-4-6-15/h2-8,11,13-14H,9-10,12H2,1H3. The summed E-state index contributed by atoms with van der Waals surface area (Å²) in [6.45, 7) is 4.30. The van der Waals surface area contributed by atoms with Crippen LogP contribution >= 0.6 is 22.7 Å². The van der Waals surface area contributed by atoms with E-state index in [1.165, 1.54) is 26.4 Å². The van der Waals surface area contributed by atoms with Crippen LogP contribution in [0.5, 0.6) is 0 Å². The highest BCUT2D eigenvalue weighted by Crippen LogP contribution is 2.34. The zero-order valence-electron chi connectivity index (χ0n) is 14.6. The minimum absolute atomic E-state index is 0.371. The third kappa shape index (κ3) is 2.86. The van der Waals surface area contributed by atoms with Crippen LogP contribution in [0, 0.1) is 0 Å². The molecule has 5 heteroatoms. The van der Waals surface area contributed by atoms with Crippen LogP contribution < -0.4 is 0 Å². The van der Waals surface area contributed by atoms with E-state index in [-0.39, 0.29) is 0 Å². The third-order valence-corrected chi connectivity index (χ3v) is 7.18. The van der Waals surface area contributed by atoms with Gasteiger partial charge in [0.1, 0.15) is 5.01 Å². The summed E-state index contributed by atoms with van der Waals surface area (Å²) in [7, 11) is 0. The summed E-state index contributed by atoms with van der Waals surface area (Å²) >= 11 is 3.56. The first-order valence-electron chi connectivity index (χ1n) is 8.89. The predicted octanol–water partition coefficient (Wildman–Crippen LogP) is 5.54. The van der Waals surface area contributed by atoms with Gasteiger partial charge in [-0.25, -0.2) is 9.97 Å². The second-order valence-corrected chi connectivity index (χ2v) is 8.70. The number of fused-ring (bicyclic) bond motifs is 2. The lowest BCUT2D eigenvalue weighted by Crippen LogP contribution is -2.32. The number of hydrogen-bond donors (Lipinski definition) is 0. The average molecular weight is 378 g/mol. The molecule has 4 aromatic rings. The van der Waals surface area contributed by atoms with Crippen molar-refractivity contribution < 1.29 is 0 Å². The molecule has 1 unspecified atom stereocenters. The first kappa shape index (κ1) is 16.1. The van der Waals surface area contributed by atoms with Crippen LogP contribution in [-0.2, 0) is 13.0 Å². The van der Waals surface area contributed by atoms with Crippen LogP contribution in [-0.4, -0.2) is 21.4 Å². The van der Waals surface area contributed by atoms with Crippen molar-refractivity contribution in [2.45, 2.75) is 25.9 Å². The molecule has 0 bridgehead atoms. The van der Waals surface area contributed by atoms with E-state index in [1.807, 2.05) is 16.8 Å². The molecule has 1 atom stereocenters. The molecule has 0 spiro atoms. The molecule has 5 rings (SSSR count). The summed E-state index contributed by atoms with van der Waals surface area (Å²) in [5.74, 6) is 0. The number of benzene rings is 2. The first-order chi connectivity index (χ1) is 12.8. The van der Waals surface area contributed by atoms with Gasteiger partial charge >= 0.3 is 0 Å². The van der Waals surface area contributed by atoms with Crippen molar-refractivity contribution in [3.05, 3.63) is 70.2 Å². The first-order valence-corrected chi connectivity index (χ1v) is 10.6. The Morgan fingerprint density at radius 3 is 2.88 bits per heavy atom. The van der Waals surface area contributed by atoms with Crippen LogP contribution in [0.2, 0.25) is 0 Å². The quantitative estimate of drug-likeness (QED) is 0.469. The zero-order valence-corrected chi connectivity index (χ0v) is 16.2. The van der Waals surface area contributed by atoms with Crippen molar-refractivity contribution in [2.24, 2.45) is 0 Å². The van der Waals surface area contributed by atoms with E-state index >= 15 is 0 Å². The van der Waals surface area contributed by atoms with Gasteiger partial charge in [-0.05, 0) is 31.0 Å². The molecule has 26 heavy (non-hydrogen) atoms. The molecule has 3 heterocycles. The summed E-state index contributed by atoms with van der Waals surface area (Å²) < 4.78 is 1.26. The number of rotatable bonds is 3. The molecule has 0 fully saturated rings. The maximum atomic E-state index is 4.96. The van der Waals surface area contributed by atoms with E-state index in [1.54, 1.807) is 11.3 Å². The highest BCUT2D eigenvalue weighted by molar-refractivity contribution is 7.16. The normalized spacial score (nSPS) is 15.9. The minimum Gasteiger partial charge on any atom is -0.290 e. The number of nitrogens with zero attached hydrogens (tertiary/aromatic N) is 3. The maximum absolute atomic E-state index is 4.96. The van der Waals surface area contributed by atoms with Gasteiger partial charge in [0, 0.05) is 29.6 Å². The van der Waals surface area contributed by atoms with Gasteiger partial charge in [-0.1, -0.05) is 36.4 Å². The highest BCUT2D eigenvalue weighted by atomic mass is 32.1. The Morgan fingerprint density at radius 2 is 2.00 bits per heavy atom. The Bertz CT molecular complexity index is 1050. The summed E-state index contributed by atoms with van der Waals surface area (Å²) in [5, 5.41) is 1.15. The van der Waals surface area contributed by atoms with E-state index in [4.69, 9.17) is 4.98 Å². The third-order valence-electron chi connectivity index (χ3n) is 5.16. The van der Waals surface area contributed by atoms with Crippen molar-refractivity contribution >= 4 is 32.9 Å². The summed E-state index contributed by atoms with van der Waals surface area (Å²) in [6, 6.07) is 17.6. The fraction of sp³-hybridized carbons (Fsp3) is 0.238. The van der Waals surface area contributed by atoms with E-state index in [2.05, 4.69) is 65.3 Å². The van der Waals surface area contributed by atoms with Crippen molar-refractivity contribution in [3.8, 4) is 10.6 Å². The molecule has 130 valence electrons. The van der Waals surface area contributed by atoms with Gasteiger partial charge in [-0.3, -0.25) is 4.90 Å². The van der Waals surface area contributed by atoms with Gasteiger partial charge < -0.3 is 0 Å². The Kier molecular flexibility index (Phi) is 4.08. The molecule has 0 saturated heterocycles. The van der Waals surface area contributed by atoms with Crippen LogP contribution in [0.3, 0.4) is 0 Å². The Hall–Kier alpha value is -2.08. The van der Waals surface area contributed by atoms with Crippen LogP contribution in [0.4, 0.5) is 0 Å². The van der Waals surface area contributed by atoms with Gasteiger partial charge in [-0.2, -0.15) is 0 Å². The summed E-state index contributed by atoms with van der Waals surface area (Å²) in [6.07, 6.45) is 1.09. The number of aromatic nitrogens is 2. The molecule has 0 aliphatic carbocycles. The van der Waals surface area contributed by atoms with E-state index in [0.29, 0.717) is 6.04 Å². The molecule has 1 aliphatic rings. The minimum atomic E-state index is 0.371. The van der Waals surface area contributed by atoms with Gasteiger partial charge in [0.05, 0.1) is 21.4 Å². The van der Waals surface area contributed by atoms with E-state index < -0.39 is 0 Å². The highest BCUT2D eigenvalue weighted by Gasteiger charge is 2.25. The number of hydrogen-bond acceptors (Lipinski definition) is 5. The molecule has 1 aliphatic heterocycles. The van der Waals surface area contributed by atoms with Crippen molar-refractivity contribution in [1.82, 2.24) is 14.9 Å². The molecule has 2 aromatic carbocycles. The van der Waals surface area contributed by atoms with Crippen LogP contribution in [0.25, 0.3) is 20.8 Å². The topological polar surface area (TPSA) is 29.0 Å². The second kappa shape index (κ2) is 6.58. The summed E-state index contributed by atoms with van der Waals surface area (Å²) in [5.41, 5.74) is 6.84. The monoisotopic (exact) mass is 377 g/mol. The molecular weight excluding hydrogens is 358 g/mol. The van der Waals surface area contributed by atoms with Crippen molar-refractivity contribution in [3.63, 3.8) is 0 Å². The molecule has 0 radical (unpaired) electrons. The van der Waals surface area contributed by atoms with Gasteiger partial charge in [0.15, 0.2) is 0 Å². The van der Waals surface area contributed by atoms with Crippen LogP contribution in [0.15, 0.2) is 54.0 Å². The lowest BCUT2D eigenvalue weighted by molar-refractivity contribution is 0.191. The SMILES string of the molecule is CC(c1ccc2scnc2c1)N1CCc2sc(-c3ccccc3)nc2C1. The molecule has 3 nitrogen and oxygen atoms in total. The van der Waals surface area contributed by atoms with Gasteiger partial charge in [0.25, 0.3) is 0 Å². The van der Waals surface area contributed by atoms with E-state index in [0.717, 1.165) is 30.0 Å². The fourth-order valence-electron chi connectivity index (χ4n) is 3.60. The number of thiazole rings is 2. The Balaban J connectivity index is 1.40. The van der Waals surface area contributed by atoms with E-state index in [9.17, 15) is 0 Å². The summed E-state index contributed by atoms with van der Waals surface area (Å²) in [4.78, 5) is 13.4.